The molecule has 2 fully saturated rings. The summed E-state index contributed by atoms with van der Waals surface area (Å²) in [7, 11) is -0.959. The third kappa shape index (κ3) is 4.62. The lowest BCUT2D eigenvalue weighted by Crippen LogP contribution is -2.21. The monoisotopic (exact) mass is 255 g/mol. The summed E-state index contributed by atoms with van der Waals surface area (Å²) in [5, 5.41) is 0.881. The minimum atomic E-state index is -0.959. The van der Waals surface area contributed by atoms with E-state index in [9.17, 15) is 0 Å². The summed E-state index contributed by atoms with van der Waals surface area (Å²) in [6.45, 7) is 7.42. The molecule has 0 saturated heterocycles. The van der Waals surface area contributed by atoms with Gasteiger partial charge in [0.1, 0.15) is 7.22 Å². The summed E-state index contributed by atoms with van der Waals surface area (Å²) in [4.78, 5) is 4.91. The van der Waals surface area contributed by atoms with Crippen LogP contribution in [0.1, 0.15) is 44.9 Å². The number of rotatable bonds is 3. The van der Waals surface area contributed by atoms with Gasteiger partial charge in [0, 0.05) is 11.0 Å². The molecule has 0 radical (unpaired) electrons. The van der Waals surface area contributed by atoms with Crippen LogP contribution in [0.25, 0.3) is 0 Å². The normalized spacial score (nSPS) is 30.4. The standard InChI is InChI=1S/C13H25NSSi/c1-16(2,3)15-13-7-5-4-6-12(10-13)14-11-8-9-11/h11,13H,4-10H2,1-3H3/b14-12+. The van der Waals surface area contributed by atoms with Crippen LogP contribution in [0.5, 0.6) is 0 Å². The molecule has 0 N–H and O–H groups in total. The molecule has 0 aromatic carbocycles. The van der Waals surface area contributed by atoms with E-state index in [1.54, 1.807) is 5.71 Å². The Morgan fingerprint density at radius 3 is 2.50 bits per heavy atom. The van der Waals surface area contributed by atoms with Gasteiger partial charge in [-0.2, -0.15) is 11.2 Å². The lowest BCUT2D eigenvalue weighted by molar-refractivity contribution is 0.714. The van der Waals surface area contributed by atoms with E-state index < -0.39 is 7.22 Å². The molecule has 2 rings (SSSR count). The van der Waals surface area contributed by atoms with Gasteiger partial charge in [-0.25, -0.2) is 0 Å². The smallest absolute Gasteiger partial charge is 0.108 e. The zero-order chi connectivity index (χ0) is 11.6. The predicted octanol–water partition coefficient (Wildman–Crippen LogP) is 4.49. The van der Waals surface area contributed by atoms with E-state index in [1.165, 1.54) is 44.9 Å². The van der Waals surface area contributed by atoms with Gasteiger partial charge < -0.3 is 0 Å². The first kappa shape index (κ1) is 12.7. The summed E-state index contributed by atoms with van der Waals surface area (Å²) < 4.78 is 0. The molecule has 0 aromatic heterocycles. The predicted molar refractivity (Wildman–Crippen MR) is 78.3 cm³/mol. The molecule has 0 spiro atoms. The number of nitrogens with zero attached hydrogens (tertiary/aromatic N) is 1. The van der Waals surface area contributed by atoms with Crippen LogP contribution < -0.4 is 0 Å². The molecule has 92 valence electrons. The Morgan fingerprint density at radius 1 is 1.12 bits per heavy atom. The Hall–Kier alpha value is 0.237. The minimum absolute atomic E-state index is 0.727. The minimum Gasteiger partial charge on any atom is -0.291 e. The fourth-order valence-corrected chi connectivity index (χ4v) is 7.51. The number of hydrogen-bond acceptors (Lipinski definition) is 2. The van der Waals surface area contributed by atoms with E-state index in [1.807, 2.05) is 0 Å². The Kier molecular flexibility index (Phi) is 4.17. The molecular formula is C13H25NSSi. The molecule has 1 unspecified atom stereocenters. The highest BCUT2D eigenvalue weighted by molar-refractivity contribution is 8.29. The van der Waals surface area contributed by atoms with Crippen LogP contribution in [-0.2, 0) is 0 Å². The van der Waals surface area contributed by atoms with Gasteiger partial charge in [-0.1, -0.05) is 26.1 Å². The molecule has 3 heteroatoms. The van der Waals surface area contributed by atoms with Crippen molar-refractivity contribution in [1.82, 2.24) is 0 Å². The highest BCUT2D eigenvalue weighted by atomic mass is 32.4. The molecule has 16 heavy (non-hydrogen) atoms. The summed E-state index contributed by atoms with van der Waals surface area (Å²) in [5.74, 6) is 0. The van der Waals surface area contributed by atoms with Crippen LogP contribution >= 0.6 is 11.2 Å². The number of aliphatic imine (C=N–C) groups is 1. The first-order valence-corrected chi connectivity index (χ1v) is 11.9. The van der Waals surface area contributed by atoms with Crippen LogP contribution in [0.2, 0.25) is 19.6 Å². The van der Waals surface area contributed by atoms with Crippen molar-refractivity contribution in [2.45, 2.75) is 75.9 Å². The second kappa shape index (κ2) is 5.26. The second-order valence-corrected chi connectivity index (χ2v) is 15.7. The average Bonchev–Trinajstić information content (AvgIpc) is 2.92. The van der Waals surface area contributed by atoms with Crippen molar-refractivity contribution in [2.24, 2.45) is 4.99 Å². The maximum absolute atomic E-state index is 4.91. The molecule has 0 bridgehead atoms. The summed E-state index contributed by atoms with van der Waals surface area (Å²) in [6.07, 6.45) is 9.54. The molecular weight excluding hydrogens is 230 g/mol. The fraction of sp³-hybridized carbons (Fsp3) is 0.923. The van der Waals surface area contributed by atoms with Crippen LogP contribution in [0.15, 0.2) is 4.99 Å². The zero-order valence-electron chi connectivity index (χ0n) is 11.0. The Bertz CT molecular complexity index is 266. The molecule has 0 amide bonds. The van der Waals surface area contributed by atoms with Gasteiger partial charge in [-0.05, 0) is 38.5 Å². The van der Waals surface area contributed by atoms with Gasteiger partial charge in [0.15, 0.2) is 0 Å². The van der Waals surface area contributed by atoms with Gasteiger partial charge >= 0.3 is 0 Å². The SMILES string of the molecule is C[Si](C)(C)SC1CCCC/C(=N\C2CC2)C1. The van der Waals surface area contributed by atoms with E-state index in [0.717, 1.165) is 11.3 Å². The van der Waals surface area contributed by atoms with Crippen molar-refractivity contribution < 1.29 is 0 Å². The van der Waals surface area contributed by atoms with E-state index in [-0.39, 0.29) is 0 Å². The summed E-state index contributed by atoms with van der Waals surface area (Å²) in [5.41, 5.74) is 1.55. The lowest BCUT2D eigenvalue weighted by atomic mass is 10.2. The van der Waals surface area contributed by atoms with Gasteiger partial charge in [-0.3, -0.25) is 4.99 Å². The maximum Gasteiger partial charge on any atom is 0.108 e. The van der Waals surface area contributed by atoms with Crippen molar-refractivity contribution in [3.8, 4) is 0 Å². The molecule has 0 aromatic rings. The highest BCUT2D eigenvalue weighted by Gasteiger charge is 2.26. The molecule has 2 aliphatic carbocycles. The van der Waals surface area contributed by atoms with Crippen LogP contribution in [-0.4, -0.2) is 24.2 Å². The van der Waals surface area contributed by atoms with E-state index in [0.29, 0.717) is 0 Å². The van der Waals surface area contributed by atoms with Gasteiger partial charge in [0.25, 0.3) is 0 Å². The van der Waals surface area contributed by atoms with Crippen molar-refractivity contribution in [3.05, 3.63) is 0 Å². The van der Waals surface area contributed by atoms with Gasteiger partial charge in [-0.15, -0.1) is 0 Å². The van der Waals surface area contributed by atoms with E-state index in [2.05, 4.69) is 30.9 Å². The largest absolute Gasteiger partial charge is 0.291 e. The van der Waals surface area contributed by atoms with E-state index in [4.69, 9.17) is 4.99 Å². The Balaban J connectivity index is 1.92. The summed E-state index contributed by atoms with van der Waals surface area (Å²) >= 11 is 2.30. The van der Waals surface area contributed by atoms with Crippen LogP contribution in [0.4, 0.5) is 0 Å². The molecule has 2 saturated carbocycles. The molecule has 2 aliphatic rings. The van der Waals surface area contributed by atoms with Crippen molar-refractivity contribution >= 4 is 24.1 Å². The maximum atomic E-state index is 4.91. The van der Waals surface area contributed by atoms with Gasteiger partial charge in [0.2, 0.25) is 0 Å². The first-order valence-electron chi connectivity index (χ1n) is 6.76. The zero-order valence-corrected chi connectivity index (χ0v) is 12.8. The van der Waals surface area contributed by atoms with Crippen LogP contribution in [0.3, 0.4) is 0 Å². The Morgan fingerprint density at radius 2 is 1.88 bits per heavy atom. The summed E-state index contributed by atoms with van der Waals surface area (Å²) in [6, 6.07) is 0.727. The van der Waals surface area contributed by atoms with E-state index >= 15 is 0 Å². The molecule has 0 heterocycles. The number of hydrogen-bond donors (Lipinski definition) is 0. The second-order valence-electron chi connectivity index (χ2n) is 6.23. The lowest BCUT2D eigenvalue weighted by Gasteiger charge is -2.23. The van der Waals surface area contributed by atoms with Gasteiger partial charge in [0.05, 0.1) is 6.04 Å². The Labute approximate surface area is 105 Å². The quantitative estimate of drug-likeness (QED) is 0.534. The highest BCUT2D eigenvalue weighted by Crippen LogP contribution is 2.34. The average molecular weight is 256 g/mol. The van der Waals surface area contributed by atoms with Crippen LogP contribution in [0, 0.1) is 0 Å². The van der Waals surface area contributed by atoms with Crippen molar-refractivity contribution in [1.29, 1.82) is 0 Å². The third-order valence-corrected chi connectivity index (χ3v) is 7.70. The molecule has 1 atom stereocenters. The van der Waals surface area contributed by atoms with Crippen molar-refractivity contribution in [2.75, 3.05) is 0 Å². The molecule has 0 aliphatic heterocycles. The van der Waals surface area contributed by atoms with Crippen molar-refractivity contribution in [3.63, 3.8) is 0 Å². The third-order valence-electron chi connectivity index (χ3n) is 3.14. The fourth-order valence-electron chi connectivity index (χ4n) is 2.35. The molecule has 1 nitrogen and oxygen atoms in total. The first-order chi connectivity index (χ1) is 7.53. The topological polar surface area (TPSA) is 12.4 Å².